The summed E-state index contributed by atoms with van der Waals surface area (Å²) in [6, 6.07) is 20.3. The lowest BCUT2D eigenvalue weighted by atomic mass is 10.1. The Labute approximate surface area is 116 Å². The fourth-order valence-corrected chi connectivity index (χ4v) is 3.11. The molecule has 0 saturated carbocycles. The van der Waals surface area contributed by atoms with Gasteiger partial charge in [-0.05, 0) is 23.6 Å². The number of rotatable bonds is 2. The topological polar surface area (TPSA) is 52.0 Å². The van der Waals surface area contributed by atoms with Crippen LogP contribution in [-0.4, -0.2) is 0 Å². The zero-order valence-electron chi connectivity index (χ0n) is 10.3. The van der Waals surface area contributed by atoms with Gasteiger partial charge >= 0.3 is 0 Å². The second-order valence-corrected chi connectivity index (χ2v) is 5.45. The number of anilines is 2. The van der Waals surface area contributed by atoms with Gasteiger partial charge in [-0.25, -0.2) is 0 Å². The Morgan fingerprint density at radius 2 is 1.37 bits per heavy atom. The van der Waals surface area contributed by atoms with Crippen molar-refractivity contribution in [1.29, 1.82) is 0 Å². The summed E-state index contributed by atoms with van der Waals surface area (Å²) in [4.78, 5) is 2.32. The van der Waals surface area contributed by atoms with Gasteiger partial charge in [0.25, 0.3) is 0 Å². The minimum atomic E-state index is 0.636. The van der Waals surface area contributed by atoms with E-state index in [1.165, 1.54) is 4.90 Å². The molecule has 0 unspecified atom stereocenters. The second-order valence-electron chi connectivity index (χ2n) is 4.34. The van der Waals surface area contributed by atoms with Crippen molar-refractivity contribution in [1.82, 2.24) is 0 Å². The minimum absolute atomic E-state index is 0.636. The maximum atomic E-state index is 6.05. The molecular weight excluding hydrogens is 252 g/mol. The van der Waals surface area contributed by atoms with E-state index in [2.05, 4.69) is 18.2 Å². The second kappa shape index (κ2) is 4.86. The highest BCUT2D eigenvalue weighted by Gasteiger charge is 2.08. The third-order valence-corrected chi connectivity index (χ3v) is 4.12. The summed E-state index contributed by atoms with van der Waals surface area (Å²) in [6.45, 7) is 0. The van der Waals surface area contributed by atoms with Crippen LogP contribution in [0.25, 0.3) is 10.8 Å². The fraction of sp³-hybridized carbons (Fsp3) is 0. The minimum Gasteiger partial charge on any atom is -0.397 e. The molecule has 0 aliphatic rings. The van der Waals surface area contributed by atoms with Crippen LogP contribution in [-0.2, 0) is 0 Å². The predicted octanol–water partition coefficient (Wildman–Crippen LogP) is 4.16. The van der Waals surface area contributed by atoms with Crippen LogP contribution in [0.4, 0.5) is 11.4 Å². The molecule has 0 aliphatic carbocycles. The van der Waals surface area contributed by atoms with Gasteiger partial charge in [-0.3, -0.25) is 0 Å². The zero-order valence-corrected chi connectivity index (χ0v) is 11.2. The Hall–Kier alpha value is -2.13. The first-order valence-electron chi connectivity index (χ1n) is 6.05. The first-order chi connectivity index (χ1) is 9.25. The van der Waals surface area contributed by atoms with Crippen molar-refractivity contribution in [2.45, 2.75) is 9.79 Å². The summed E-state index contributed by atoms with van der Waals surface area (Å²) in [5.41, 5.74) is 13.3. The molecule has 3 heteroatoms. The number of nitrogens with two attached hydrogens (primary N) is 2. The van der Waals surface area contributed by atoms with Gasteiger partial charge in [0.15, 0.2) is 0 Å². The van der Waals surface area contributed by atoms with E-state index in [1.807, 2.05) is 42.5 Å². The van der Waals surface area contributed by atoms with Crippen molar-refractivity contribution in [3.8, 4) is 0 Å². The zero-order chi connectivity index (χ0) is 13.2. The van der Waals surface area contributed by atoms with Gasteiger partial charge in [0.1, 0.15) is 0 Å². The van der Waals surface area contributed by atoms with Crippen LogP contribution < -0.4 is 11.5 Å². The monoisotopic (exact) mass is 266 g/mol. The summed E-state index contributed by atoms with van der Waals surface area (Å²) in [7, 11) is 0. The molecule has 0 heterocycles. The average Bonchev–Trinajstić information content (AvgIpc) is 2.46. The molecule has 0 fully saturated rings. The molecule has 0 aromatic heterocycles. The van der Waals surface area contributed by atoms with Crippen LogP contribution in [0.15, 0.2) is 70.5 Å². The lowest BCUT2D eigenvalue weighted by Gasteiger charge is -2.11. The fourth-order valence-electron chi connectivity index (χ4n) is 2.09. The van der Waals surface area contributed by atoms with Crippen LogP contribution in [0, 0.1) is 0 Å². The normalized spacial score (nSPS) is 10.7. The first kappa shape index (κ1) is 11.9. The quantitative estimate of drug-likeness (QED) is 0.685. The van der Waals surface area contributed by atoms with Gasteiger partial charge in [0.05, 0.1) is 11.4 Å². The SMILES string of the molecule is Nc1cc(Sc2ccccc2)c2ccccc2c1N. The number of hydrogen-bond acceptors (Lipinski definition) is 3. The van der Waals surface area contributed by atoms with Gasteiger partial charge in [0.2, 0.25) is 0 Å². The molecule has 3 aromatic rings. The van der Waals surface area contributed by atoms with Gasteiger partial charge in [-0.1, -0.05) is 54.2 Å². The molecular formula is C16H14N2S. The van der Waals surface area contributed by atoms with Gasteiger partial charge in [-0.2, -0.15) is 0 Å². The van der Waals surface area contributed by atoms with Gasteiger partial charge < -0.3 is 11.5 Å². The van der Waals surface area contributed by atoms with E-state index in [1.54, 1.807) is 11.8 Å². The highest BCUT2D eigenvalue weighted by atomic mass is 32.2. The summed E-state index contributed by atoms with van der Waals surface area (Å²) in [6.07, 6.45) is 0. The summed E-state index contributed by atoms with van der Waals surface area (Å²) in [5, 5.41) is 2.16. The molecule has 0 radical (unpaired) electrons. The lowest BCUT2D eigenvalue weighted by Crippen LogP contribution is -1.96. The van der Waals surface area contributed by atoms with Crippen LogP contribution in [0.2, 0.25) is 0 Å². The van der Waals surface area contributed by atoms with Crippen LogP contribution in [0.5, 0.6) is 0 Å². The molecule has 3 rings (SSSR count). The highest BCUT2D eigenvalue weighted by molar-refractivity contribution is 7.99. The van der Waals surface area contributed by atoms with Gasteiger partial charge in [0, 0.05) is 15.2 Å². The Balaban J connectivity index is 2.16. The van der Waals surface area contributed by atoms with E-state index in [9.17, 15) is 0 Å². The largest absolute Gasteiger partial charge is 0.397 e. The number of fused-ring (bicyclic) bond motifs is 1. The maximum Gasteiger partial charge on any atom is 0.0628 e. The van der Waals surface area contributed by atoms with Crippen molar-refractivity contribution in [2.24, 2.45) is 0 Å². The molecule has 0 aliphatic heterocycles. The molecule has 0 bridgehead atoms. The Kier molecular flexibility index (Phi) is 3.05. The molecule has 0 saturated heterocycles. The van der Waals surface area contributed by atoms with Crippen molar-refractivity contribution in [3.63, 3.8) is 0 Å². The molecule has 0 spiro atoms. The van der Waals surface area contributed by atoms with E-state index < -0.39 is 0 Å². The van der Waals surface area contributed by atoms with E-state index in [4.69, 9.17) is 11.5 Å². The molecule has 94 valence electrons. The summed E-state index contributed by atoms with van der Waals surface area (Å²) >= 11 is 1.70. The van der Waals surface area contributed by atoms with Crippen molar-refractivity contribution >= 4 is 33.9 Å². The standard InChI is InChI=1S/C16H14N2S/c17-14-10-15(19-11-6-2-1-3-7-11)12-8-4-5-9-13(12)16(14)18/h1-10H,17-18H2. The molecule has 0 atom stereocenters. The van der Waals surface area contributed by atoms with Crippen LogP contribution >= 0.6 is 11.8 Å². The molecule has 19 heavy (non-hydrogen) atoms. The molecule has 3 aromatic carbocycles. The maximum absolute atomic E-state index is 6.05. The van der Waals surface area contributed by atoms with Gasteiger partial charge in [-0.15, -0.1) is 0 Å². The highest BCUT2D eigenvalue weighted by Crippen LogP contribution is 2.38. The van der Waals surface area contributed by atoms with E-state index >= 15 is 0 Å². The van der Waals surface area contributed by atoms with Crippen molar-refractivity contribution in [2.75, 3.05) is 11.5 Å². The molecule has 2 nitrogen and oxygen atoms in total. The van der Waals surface area contributed by atoms with Crippen LogP contribution in [0.3, 0.4) is 0 Å². The van der Waals surface area contributed by atoms with Crippen molar-refractivity contribution < 1.29 is 0 Å². The van der Waals surface area contributed by atoms with E-state index in [0.29, 0.717) is 11.4 Å². The molecule has 4 N–H and O–H groups in total. The Morgan fingerprint density at radius 3 is 2.11 bits per heavy atom. The first-order valence-corrected chi connectivity index (χ1v) is 6.87. The van der Waals surface area contributed by atoms with E-state index in [0.717, 1.165) is 15.7 Å². The summed E-state index contributed by atoms with van der Waals surface area (Å²) in [5.74, 6) is 0. The van der Waals surface area contributed by atoms with Crippen LogP contribution in [0.1, 0.15) is 0 Å². The Bertz CT molecular complexity index is 723. The number of nitrogen functional groups attached to an aromatic ring is 2. The average molecular weight is 266 g/mol. The number of benzene rings is 3. The summed E-state index contributed by atoms with van der Waals surface area (Å²) < 4.78 is 0. The number of hydrogen-bond donors (Lipinski definition) is 2. The lowest BCUT2D eigenvalue weighted by molar-refractivity contribution is 1.44. The van der Waals surface area contributed by atoms with E-state index in [-0.39, 0.29) is 0 Å². The molecule has 0 amide bonds. The van der Waals surface area contributed by atoms with Crippen molar-refractivity contribution in [3.05, 3.63) is 60.7 Å². The Morgan fingerprint density at radius 1 is 0.737 bits per heavy atom. The third-order valence-electron chi connectivity index (χ3n) is 3.05. The third kappa shape index (κ3) is 2.25. The smallest absolute Gasteiger partial charge is 0.0628 e. The predicted molar refractivity (Wildman–Crippen MR) is 83.3 cm³/mol.